The molecule has 0 fully saturated rings. The number of nitrogens with one attached hydrogen (secondary N) is 1. The summed E-state index contributed by atoms with van der Waals surface area (Å²) < 4.78 is 8.77. The smallest absolute Gasteiger partial charge is 0.410 e. The molecule has 1 aromatic heterocycles. The quantitative estimate of drug-likeness (QED) is 0.747. The summed E-state index contributed by atoms with van der Waals surface area (Å²) >= 11 is 3.49. The number of hydrogen-bond donors (Lipinski definition) is 1. The molecule has 1 aromatic carbocycles. The van der Waals surface area contributed by atoms with E-state index in [2.05, 4.69) is 38.1 Å². The molecule has 3 heterocycles. The first kappa shape index (κ1) is 18.5. The number of aromatic nitrogens is 2. The third kappa shape index (κ3) is 3.62. The molecule has 0 spiro atoms. The minimum atomic E-state index is -0.500. The van der Waals surface area contributed by atoms with Crippen LogP contribution in [-0.4, -0.2) is 46.0 Å². The number of hydrogen-bond acceptors (Lipinski definition) is 4. The largest absolute Gasteiger partial charge is 0.444 e. The molecule has 2 aliphatic heterocycles. The third-order valence-corrected chi connectivity index (χ3v) is 5.50. The Labute approximate surface area is 168 Å². The lowest BCUT2D eigenvalue weighted by Crippen LogP contribution is -2.46. The molecule has 1 unspecified atom stereocenters. The van der Waals surface area contributed by atoms with Gasteiger partial charge in [-0.15, -0.1) is 0 Å². The van der Waals surface area contributed by atoms with E-state index in [1.807, 2.05) is 37.8 Å². The van der Waals surface area contributed by atoms with E-state index in [9.17, 15) is 4.79 Å². The van der Waals surface area contributed by atoms with Crippen LogP contribution in [0.3, 0.4) is 0 Å². The molecule has 144 valence electrons. The van der Waals surface area contributed by atoms with Crippen molar-refractivity contribution < 1.29 is 9.53 Å². The van der Waals surface area contributed by atoms with Gasteiger partial charge in [-0.05, 0) is 45.0 Å². The molecule has 2 aliphatic rings. The molecule has 27 heavy (non-hydrogen) atoms. The number of ether oxygens (including phenoxy) is 1. The highest BCUT2D eigenvalue weighted by Gasteiger charge is 2.38. The Morgan fingerprint density at radius 1 is 1.26 bits per heavy atom. The average molecular weight is 433 g/mol. The number of amides is 1. The van der Waals surface area contributed by atoms with E-state index in [0.717, 1.165) is 41.8 Å². The Kier molecular flexibility index (Phi) is 4.76. The van der Waals surface area contributed by atoms with Crippen molar-refractivity contribution in [1.29, 1.82) is 0 Å². The Balaban J connectivity index is 1.73. The van der Waals surface area contributed by atoms with Crippen molar-refractivity contribution in [2.45, 2.75) is 45.3 Å². The summed E-state index contributed by atoms with van der Waals surface area (Å²) in [5, 5.41) is 8.37. The second-order valence-corrected chi connectivity index (χ2v) is 9.00. The monoisotopic (exact) mass is 432 g/mol. The lowest BCUT2D eigenvalue weighted by molar-refractivity contribution is 0.0142. The molecule has 0 radical (unpaired) electrons. The van der Waals surface area contributed by atoms with Gasteiger partial charge in [0.05, 0.1) is 23.1 Å². The number of carbonyl (C=O) groups is 1. The molecule has 6 nitrogen and oxygen atoms in total. The zero-order valence-corrected chi connectivity index (χ0v) is 17.5. The molecular weight excluding hydrogens is 408 g/mol. The summed E-state index contributed by atoms with van der Waals surface area (Å²) in [5.74, 6) is 0. The highest BCUT2D eigenvalue weighted by Crippen LogP contribution is 2.36. The maximum atomic E-state index is 12.8. The van der Waals surface area contributed by atoms with Gasteiger partial charge in [0.2, 0.25) is 0 Å². The minimum absolute atomic E-state index is 0.0368. The standard InChI is InChI=1S/C20H25BrN4O2/c1-20(2,3)27-19(26)24-11-9-16-18-15(8-10-22-12-17(18)24)23-25(16)14-6-4-13(21)5-7-14/h4-7,17,22H,8-12H2,1-3H3. The highest BCUT2D eigenvalue weighted by molar-refractivity contribution is 9.10. The second kappa shape index (κ2) is 6.95. The average Bonchev–Trinajstić information content (AvgIpc) is 2.83. The number of nitrogens with zero attached hydrogens (tertiary/aromatic N) is 3. The van der Waals surface area contributed by atoms with Crippen molar-refractivity contribution in [3.05, 3.63) is 45.7 Å². The van der Waals surface area contributed by atoms with E-state index in [1.54, 1.807) is 0 Å². The van der Waals surface area contributed by atoms with Crippen molar-refractivity contribution in [2.75, 3.05) is 19.6 Å². The maximum Gasteiger partial charge on any atom is 0.410 e. The topological polar surface area (TPSA) is 59.4 Å². The fourth-order valence-corrected chi connectivity index (χ4v) is 4.12. The molecule has 1 atom stereocenters. The number of benzene rings is 1. The van der Waals surface area contributed by atoms with E-state index >= 15 is 0 Å². The minimum Gasteiger partial charge on any atom is -0.444 e. The van der Waals surface area contributed by atoms with Gasteiger partial charge in [0.15, 0.2) is 0 Å². The van der Waals surface area contributed by atoms with Crippen LogP contribution >= 0.6 is 15.9 Å². The van der Waals surface area contributed by atoms with Crippen LogP contribution in [-0.2, 0) is 17.6 Å². The van der Waals surface area contributed by atoms with E-state index in [-0.39, 0.29) is 12.1 Å². The second-order valence-electron chi connectivity index (χ2n) is 8.09. The first-order valence-corrected chi connectivity index (χ1v) is 10.2. The maximum absolute atomic E-state index is 12.8. The lowest BCUT2D eigenvalue weighted by atomic mass is 9.96. The molecule has 0 bridgehead atoms. The van der Waals surface area contributed by atoms with Crippen LogP contribution in [0.5, 0.6) is 0 Å². The molecule has 4 rings (SSSR count). The van der Waals surface area contributed by atoms with Crippen LogP contribution in [0.2, 0.25) is 0 Å². The van der Waals surface area contributed by atoms with Crippen molar-refractivity contribution >= 4 is 22.0 Å². The van der Waals surface area contributed by atoms with Crippen molar-refractivity contribution in [3.8, 4) is 5.69 Å². The van der Waals surface area contributed by atoms with Gasteiger partial charge in [-0.25, -0.2) is 9.48 Å². The molecule has 7 heteroatoms. The normalized spacial score (nSPS) is 19.4. The summed E-state index contributed by atoms with van der Waals surface area (Å²) in [4.78, 5) is 14.7. The Morgan fingerprint density at radius 2 is 2.00 bits per heavy atom. The predicted octanol–water partition coefficient (Wildman–Crippen LogP) is 3.61. The number of rotatable bonds is 1. The molecule has 0 saturated carbocycles. The summed E-state index contributed by atoms with van der Waals surface area (Å²) in [6.07, 6.45) is 1.39. The predicted molar refractivity (Wildman–Crippen MR) is 107 cm³/mol. The van der Waals surface area contributed by atoms with E-state index in [4.69, 9.17) is 9.84 Å². The molecule has 1 amide bonds. The first-order valence-electron chi connectivity index (χ1n) is 9.40. The van der Waals surface area contributed by atoms with Gasteiger partial charge >= 0.3 is 6.09 Å². The van der Waals surface area contributed by atoms with Gasteiger partial charge in [-0.3, -0.25) is 4.90 Å². The molecule has 0 saturated heterocycles. The molecule has 0 aliphatic carbocycles. The summed E-state index contributed by atoms with van der Waals surface area (Å²) in [6, 6.07) is 8.17. The highest BCUT2D eigenvalue weighted by atomic mass is 79.9. The summed E-state index contributed by atoms with van der Waals surface area (Å²) in [7, 11) is 0. The number of halogens is 1. The van der Waals surface area contributed by atoms with Crippen LogP contribution in [0, 0.1) is 0 Å². The first-order chi connectivity index (χ1) is 12.8. The van der Waals surface area contributed by atoms with Crippen LogP contribution in [0.1, 0.15) is 43.8 Å². The van der Waals surface area contributed by atoms with Gasteiger partial charge in [0.1, 0.15) is 5.60 Å². The van der Waals surface area contributed by atoms with Crippen LogP contribution in [0.25, 0.3) is 5.69 Å². The fourth-order valence-electron chi connectivity index (χ4n) is 3.86. The number of carbonyl (C=O) groups excluding carboxylic acids is 1. The van der Waals surface area contributed by atoms with Gasteiger partial charge in [0.25, 0.3) is 0 Å². The zero-order chi connectivity index (χ0) is 19.2. The summed E-state index contributed by atoms with van der Waals surface area (Å²) in [6.45, 7) is 7.94. The third-order valence-electron chi connectivity index (χ3n) is 4.97. The van der Waals surface area contributed by atoms with Crippen molar-refractivity contribution in [3.63, 3.8) is 0 Å². The Hall–Kier alpha value is -1.86. The van der Waals surface area contributed by atoms with Gasteiger partial charge in [-0.2, -0.15) is 5.10 Å². The fraction of sp³-hybridized carbons (Fsp3) is 0.500. The van der Waals surface area contributed by atoms with Crippen molar-refractivity contribution in [1.82, 2.24) is 20.0 Å². The van der Waals surface area contributed by atoms with Crippen LogP contribution in [0.4, 0.5) is 4.79 Å². The van der Waals surface area contributed by atoms with Gasteiger partial charge < -0.3 is 10.1 Å². The van der Waals surface area contributed by atoms with Crippen molar-refractivity contribution in [2.24, 2.45) is 0 Å². The SMILES string of the molecule is CC(C)(C)OC(=O)N1CCc2c3c(nn2-c2ccc(Br)cc2)CCNCC31. The van der Waals surface area contributed by atoms with E-state index < -0.39 is 5.60 Å². The molecule has 1 N–H and O–H groups in total. The van der Waals surface area contributed by atoms with Crippen LogP contribution in [0.15, 0.2) is 28.7 Å². The lowest BCUT2D eigenvalue weighted by Gasteiger charge is -2.36. The Morgan fingerprint density at radius 3 is 2.70 bits per heavy atom. The van der Waals surface area contributed by atoms with Crippen LogP contribution < -0.4 is 5.32 Å². The zero-order valence-electron chi connectivity index (χ0n) is 16.0. The molecule has 2 aromatic rings. The summed E-state index contributed by atoms with van der Waals surface area (Å²) in [5.41, 5.74) is 4.04. The van der Waals surface area contributed by atoms with E-state index in [0.29, 0.717) is 6.54 Å². The Bertz CT molecular complexity index is 854. The van der Waals surface area contributed by atoms with E-state index in [1.165, 1.54) is 11.3 Å². The molecular formula is C20H25BrN4O2. The van der Waals surface area contributed by atoms with Gasteiger partial charge in [-0.1, -0.05) is 15.9 Å². The van der Waals surface area contributed by atoms with Gasteiger partial charge in [0, 0.05) is 42.5 Å².